The molecule has 0 saturated carbocycles. The third kappa shape index (κ3) is 1.67. The Hall–Kier alpha value is -0.630. The van der Waals surface area contributed by atoms with Crippen LogP contribution < -0.4 is 4.74 Å². The van der Waals surface area contributed by atoms with Gasteiger partial charge in [-0.3, -0.25) is 0 Å². The summed E-state index contributed by atoms with van der Waals surface area (Å²) in [4.78, 5) is 0. The van der Waals surface area contributed by atoms with Crippen LogP contribution in [0.3, 0.4) is 0 Å². The summed E-state index contributed by atoms with van der Waals surface area (Å²) in [6.45, 7) is 0. The van der Waals surface area contributed by atoms with Crippen molar-refractivity contribution in [3.63, 3.8) is 0 Å². The second kappa shape index (κ2) is 3.52. The number of hydrogen-bond donors (Lipinski definition) is 0. The summed E-state index contributed by atoms with van der Waals surface area (Å²) in [5, 5.41) is 0. The molecule has 0 N–H and O–H groups in total. The van der Waals surface area contributed by atoms with Gasteiger partial charge >= 0.3 is 0 Å². The van der Waals surface area contributed by atoms with E-state index in [1.165, 1.54) is 0 Å². The van der Waals surface area contributed by atoms with Crippen LogP contribution in [0.5, 0.6) is 5.75 Å². The minimum Gasteiger partial charge on any atom is -0.788 e. The van der Waals surface area contributed by atoms with Crippen LogP contribution >= 0.6 is 0 Å². The van der Waals surface area contributed by atoms with E-state index >= 15 is 0 Å². The lowest BCUT2D eigenvalue weighted by Gasteiger charge is -2.04. The normalized spacial score (nSPS) is 9.40. The van der Waals surface area contributed by atoms with Crippen molar-refractivity contribution in [2.75, 3.05) is 7.11 Å². The monoisotopic (exact) mass is 153 g/mol. The van der Waals surface area contributed by atoms with Crippen molar-refractivity contribution in [1.82, 2.24) is 0 Å². The zero-order valence-electron chi connectivity index (χ0n) is 5.83. The van der Waals surface area contributed by atoms with E-state index in [2.05, 4.69) is 0 Å². The molecule has 1 nitrogen and oxygen atoms in total. The Labute approximate surface area is 66.4 Å². The van der Waals surface area contributed by atoms with Gasteiger partial charge in [-0.1, -0.05) is 17.7 Å². The molecule has 0 atom stereocenters. The molecule has 10 heavy (non-hydrogen) atoms. The standard InChI is InChI=1S/C8H10OS/c1-9-8-4-2-7(6-10)3-5-8/h2-5,10H,6H2,1H3/p-1. The van der Waals surface area contributed by atoms with E-state index < -0.39 is 0 Å². The molecule has 0 aliphatic rings. The lowest BCUT2D eigenvalue weighted by Crippen LogP contribution is -1.83. The van der Waals surface area contributed by atoms with Gasteiger partial charge in [0.2, 0.25) is 0 Å². The minimum atomic E-state index is 0.671. The fraction of sp³-hybridized carbons (Fsp3) is 0.250. The van der Waals surface area contributed by atoms with Gasteiger partial charge in [0.1, 0.15) is 5.75 Å². The van der Waals surface area contributed by atoms with E-state index in [1.807, 2.05) is 24.3 Å². The minimum absolute atomic E-state index is 0.671. The molecule has 0 radical (unpaired) electrons. The SMILES string of the molecule is COc1ccc(C[S-])cc1. The van der Waals surface area contributed by atoms with E-state index in [0.29, 0.717) is 5.75 Å². The highest BCUT2D eigenvalue weighted by Gasteiger charge is 1.86. The lowest BCUT2D eigenvalue weighted by molar-refractivity contribution is 0.414. The summed E-state index contributed by atoms with van der Waals surface area (Å²) in [5.74, 6) is 1.55. The van der Waals surface area contributed by atoms with Gasteiger partial charge in [-0.25, -0.2) is 0 Å². The second-order valence-electron chi connectivity index (χ2n) is 1.99. The molecular weight excluding hydrogens is 144 g/mol. The summed E-state index contributed by atoms with van der Waals surface area (Å²) in [6, 6.07) is 7.79. The van der Waals surface area contributed by atoms with Crippen LogP contribution in [0.2, 0.25) is 0 Å². The summed E-state index contributed by atoms with van der Waals surface area (Å²) >= 11 is 4.86. The molecular formula is C8H9OS-. The van der Waals surface area contributed by atoms with Gasteiger partial charge in [-0.15, -0.1) is 0 Å². The molecule has 0 saturated heterocycles. The van der Waals surface area contributed by atoms with E-state index in [-0.39, 0.29) is 0 Å². The Bertz CT molecular complexity index is 170. The van der Waals surface area contributed by atoms with Crippen molar-refractivity contribution in [2.24, 2.45) is 0 Å². The first kappa shape index (κ1) is 7.48. The highest BCUT2D eigenvalue weighted by atomic mass is 32.1. The predicted molar refractivity (Wildman–Crippen MR) is 44.1 cm³/mol. The van der Waals surface area contributed by atoms with Gasteiger partial charge in [0.15, 0.2) is 0 Å². The molecule has 0 heterocycles. The van der Waals surface area contributed by atoms with Crippen LogP contribution in [0.4, 0.5) is 0 Å². The Balaban J connectivity index is 2.80. The first-order valence-electron chi connectivity index (χ1n) is 3.08. The Kier molecular flexibility index (Phi) is 2.63. The van der Waals surface area contributed by atoms with Crippen molar-refractivity contribution < 1.29 is 4.74 Å². The third-order valence-corrected chi connectivity index (χ3v) is 1.66. The van der Waals surface area contributed by atoms with Crippen molar-refractivity contribution in [2.45, 2.75) is 5.75 Å². The van der Waals surface area contributed by atoms with Crippen LogP contribution in [0.25, 0.3) is 0 Å². The maximum absolute atomic E-state index is 4.98. The first-order valence-corrected chi connectivity index (χ1v) is 3.65. The van der Waals surface area contributed by atoms with Gasteiger partial charge in [0.25, 0.3) is 0 Å². The highest BCUT2D eigenvalue weighted by molar-refractivity contribution is 7.57. The lowest BCUT2D eigenvalue weighted by atomic mass is 10.2. The molecule has 2 heteroatoms. The molecule has 1 rings (SSSR count). The predicted octanol–water partition coefficient (Wildman–Crippen LogP) is 1.74. The second-order valence-corrected chi connectivity index (χ2v) is 2.28. The van der Waals surface area contributed by atoms with Crippen LogP contribution in [0.15, 0.2) is 24.3 Å². The van der Waals surface area contributed by atoms with Crippen LogP contribution in [0, 0.1) is 0 Å². The molecule has 0 amide bonds. The molecule has 0 aliphatic heterocycles. The summed E-state index contributed by atoms with van der Waals surface area (Å²) in [7, 11) is 1.66. The van der Waals surface area contributed by atoms with Gasteiger partial charge in [-0.05, 0) is 12.1 Å². The number of rotatable bonds is 2. The highest BCUT2D eigenvalue weighted by Crippen LogP contribution is 2.10. The van der Waals surface area contributed by atoms with Crippen LogP contribution in [-0.2, 0) is 18.4 Å². The molecule has 0 spiro atoms. The Morgan fingerprint density at radius 3 is 2.30 bits per heavy atom. The first-order chi connectivity index (χ1) is 4.86. The average molecular weight is 153 g/mol. The number of methoxy groups -OCH3 is 1. The van der Waals surface area contributed by atoms with Gasteiger partial charge in [-0.2, -0.15) is 5.75 Å². The number of ether oxygens (including phenoxy) is 1. The maximum atomic E-state index is 4.98. The van der Waals surface area contributed by atoms with Gasteiger partial charge < -0.3 is 17.4 Å². The molecule has 0 unspecified atom stereocenters. The van der Waals surface area contributed by atoms with Crippen molar-refractivity contribution >= 4 is 12.6 Å². The summed E-state index contributed by atoms with van der Waals surface area (Å²) in [6.07, 6.45) is 0. The maximum Gasteiger partial charge on any atom is 0.118 e. The van der Waals surface area contributed by atoms with E-state index in [1.54, 1.807) is 7.11 Å². The average Bonchev–Trinajstić information content (AvgIpc) is 2.05. The molecule has 0 bridgehead atoms. The largest absolute Gasteiger partial charge is 0.788 e. The fourth-order valence-electron chi connectivity index (χ4n) is 0.722. The van der Waals surface area contributed by atoms with E-state index in [4.69, 9.17) is 17.4 Å². The van der Waals surface area contributed by atoms with Crippen molar-refractivity contribution in [1.29, 1.82) is 0 Å². The number of hydrogen-bond acceptors (Lipinski definition) is 2. The third-order valence-electron chi connectivity index (χ3n) is 1.33. The molecule has 0 aromatic heterocycles. The molecule has 54 valence electrons. The van der Waals surface area contributed by atoms with Gasteiger partial charge in [0.05, 0.1) is 7.11 Å². The van der Waals surface area contributed by atoms with Crippen LogP contribution in [-0.4, -0.2) is 7.11 Å². The zero-order valence-corrected chi connectivity index (χ0v) is 6.65. The van der Waals surface area contributed by atoms with E-state index in [0.717, 1.165) is 11.3 Å². The fourth-order valence-corrected chi connectivity index (χ4v) is 0.914. The number of benzene rings is 1. The van der Waals surface area contributed by atoms with Crippen LogP contribution in [0.1, 0.15) is 5.56 Å². The summed E-state index contributed by atoms with van der Waals surface area (Å²) < 4.78 is 4.98. The van der Waals surface area contributed by atoms with E-state index in [9.17, 15) is 0 Å². The molecule has 1 aromatic rings. The van der Waals surface area contributed by atoms with Crippen molar-refractivity contribution in [3.05, 3.63) is 29.8 Å². The molecule has 1 aromatic carbocycles. The molecule has 0 aliphatic carbocycles. The van der Waals surface area contributed by atoms with Gasteiger partial charge in [0, 0.05) is 0 Å². The Morgan fingerprint density at radius 1 is 1.30 bits per heavy atom. The molecule has 0 fully saturated rings. The zero-order chi connectivity index (χ0) is 7.40. The smallest absolute Gasteiger partial charge is 0.118 e. The van der Waals surface area contributed by atoms with Crippen molar-refractivity contribution in [3.8, 4) is 5.75 Å². The quantitative estimate of drug-likeness (QED) is 0.598. The topological polar surface area (TPSA) is 9.23 Å². The summed E-state index contributed by atoms with van der Waals surface area (Å²) in [5.41, 5.74) is 1.16. The Morgan fingerprint density at radius 2 is 1.90 bits per heavy atom.